The van der Waals surface area contributed by atoms with E-state index in [-0.39, 0.29) is 42.5 Å². The van der Waals surface area contributed by atoms with Crippen molar-refractivity contribution in [2.24, 2.45) is 11.8 Å². The molecule has 2 aromatic rings. The third-order valence-electron chi connectivity index (χ3n) is 9.40. The molecule has 4 atom stereocenters. The van der Waals surface area contributed by atoms with E-state index in [2.05, 4.69) is 36.3 Å². The van der Waals surface area contributed by atoms with Gasteiger partial charge >= 0.3 is 0 Å². The summed E-state index contributed by atoms with van der Waals surface area (Å²) in [5, 5.41) is 13.3. The zero-order valence-corrected chi connectivity index (χ0v) is 28.5. The number of hydrogen-bond donors (Lipinski definition) is 2. The first-order chi connectivity index (χ1) is 22.2. The fraction of sp³-hybridized carbons (Fsp3) is 0.622. The van der Waals surface area contributed by atoms with Crippen molar-refractivity contribution < 1.29 is 28.9 Å². The molecule has 0 bridgehead atoms. The van der Waals surface area contributed by atoms with Gasteiger partial charge in [-0.2, -0.15) is 0 Å². The first-order valence-corrected chi connectivity index (χ1v) is 17.1. The number of benzene rings is 2. The Hall–Kier alpha value is -3.14. The number of ether oxygens (including phenoxy) is 3. The zero-order valence-electron chi connectivity index (χ0n) is 28.5. The van der Waals surface area contributed by atoms with Crippen molar-refractivity contribution in [3.63, 3.8) is 0 Å². The molecule has 1 fully saturated rings. The number of likely N-dealkylation sites (N-methyl/N-ethyl adjacent to an activating group) is 1. The van der Waals surface area contributed by atoms with Crippen LogP contribution in [0.1, 0.15) is 88.1 Å². The summed E-state index contributed by atoms with van der Waals surface area (Å²) in [5.41, 5.74) is 2.16. The molecule has 1 aliphatic heterocycles. The minimum Gasteiger partial charge on any atom is -0.497 e. The SMILES string of the molecule is COc1ccc(CN(C)C[C@@H]2OCCCC[C@@H](C)Oc3ccc(NC(=O)C4CCCCC4)cc3C(=O)N([C@@H](C)CO)C[C@@H]2C)cc1. The van der Waals surface area contributed by atoms with E-state index in [1.54, 1.807) is 24.1 Å². The van der Waals surface area contributed by atoms with E-state index in [4.69, 9.17) is 14.2 Å². The minimum atomic E-state index is -0.425. The molecule has 9 nitrogen and oxygen atoms in total. The van der Waals surface area contributed by atoms with Crippen LogP contribution in [0, 0.1) is 11.8 Å². The van der Waals surface area contributed by atoms with Gasteiger partial charge in [-0.1, -0.05) is 38.3 Å². The van der Waals surface area contributed by atoms with Gasteiger partial charge in [-0.3, -0.25) is 14.5 Å². The minimum absolute atomic E-state index is 0.000868. The van der Waals surface area contributed by atoms with Crippen molar-refractivity contribution in [2.45, 2.75) is 96.9 Å². The number of carbonyl (C=O) groups excluding carboxylic acids is 2. The number of carbonyl (C=O) groups is 2. The Morgan fingerprint density at radius 1 is 1.07 bits per heavy atom. The van der Waals surface area contributed by atoms with E-state index >= 15 is 0 Å². The van der Waals surface area contributed by atoms with E-state index in [0.29, 0.717) is 36.7 Å². The highest BCUT2D eigenvalue weighted by Crippen LogP contribution is 2.30. The molecule has 0 spiro atoms. The van der Waals surface area contributed by atoms with Gasteiger partial charge < -0.3 is 29.5 Å². The fourth-order valence-corrected chi connectivity index (χ4v) is 6.49. The third-order valence-corrected chi connectivity index (χ3v) is 9.40. The number of rotatable bonds is 9. The number of hydrogen-bond acceptors (Lipinski definition) is 7. The van der Waals surface area contributed by atoms with E-state index < -0.39 is 6.04 Å². The van der Waals surface area contributed by atoms with Gasteiger partial charge in [-0.05, 0) is 88.9 Å². The van der Waals surface area contributed by atoms with Gasteiger partial charge in [0, 0.05) is 43.8 Å². The second-order valence-electron chi connectivity index (χ2n) is 13.4. The van der Waals surface area contributed by atoms with Crippen LogP contribution in [0.5, 0.6) is 11.5 Å². The average Bonchev–Trinajstić information content (AvgIpc) is 3.06. The summed E-state index contributed by atoms with van der Waals surface area (Å²) < 4.78 is 18.2. The largest absolute Gasteiger partial charge is 0.497 e. The lowest BCUT2D eigenvalue weighted by atomic mass is 9.88. The highest BCUT2D eigenvalue weighted by atomic mass is 16.5. The summed E-state index contributed by atoms with van der Waals surface area (Å²) in [7, 11) is 3.75. The van der Waals surface area contributed by atoms with Crippen LogP contribution in [0.4, 0.5) is 5.69 Å². The number of methoxy groups -OCH3 is 1. The lowest BCUT2D eigenvalue weighted by molar-refractivity contribution is -0.120. The molecule has 0 radical (unpaired) electrons. The van der Waals surface area contributed by atoms with Gasteiger partial charge in [-0.15, -0.1) is 0 Å². The first-order valence-electron chi connectivity index (χ1n) is 17.1. The van der Waals surface area contributed by atoms with Crippen LogP contribution in [-0.2, 0) is 16.1 Å². The Morgan fingerprint density at radius 2 is 1.78 bits per heavy atom. The summed E-state index contributed by atoms with van der Waals surface area (Å²) in [6.07, 6.45) is 7.56. The summed E-state index contributed by atoms with van der Waals surface area (Å²) in [6, 6.07) is 13.0. The van der Waals surface area contributed by atoms with Gasteiger partial charge in [0.15, 0.2) is 0 Å². The molecule has 9 heteroatoms. The molecule has 2 aromatic carbocycles. The molecule has 1 saturated carbocycles. The summed E-state index contributed by atoms with van der Waals surface area (Å²) in [4.78, 5) is 31.4. The molecule has 46 heavy (non-hydrogen) atoms. The number of amides is 2. The van der Waals surface area contributed by atoms with E-state index in [9.17, 15) is 14.7 Å². The quantitative estimate of drug-likeness (QED) is 0.341. The van der Waals surface area contributed by atoms with Crippen molar-refractivity contribution >= 4 is 17.5 Å². The predicted octanol–water partition coefficient (Wildman–Crippen LogP) is 6.14. The van der Waals surface area contributed by atoms with Gasteiger partial charge in [0.1, 0.15) is 11.5 Å². The smallest absolute Gasteiger partial charge is 0.258 e. The van der Waals surface area contributed by atoms with Crippen LogP contribution >= 0.6 is 0 Å². The fourth-order valence-electron chi connectivity index (χ4n) is 6.49. The monoisotopic (exact) mass is 637 g/mol. The average molecular weight is 638 g/mol. The summed E-state index contributed by atoms with van der Waals surface area (Å²) in [5.74, 6) is 1.09. The molecule has 2 N–H and O–H groups in total. The number of fused-ring (bicyclic) bond motifs is 1. The lowest BCUT2D eigenvalue weighted by Gasteiger charge is -2.36. The van der Waals surface area contributed by atoms with Crippen LogP contribution in [0.15, 0.2) is 42.5 Å². The Kier molecular flexibility index (Phi) is 13.7. The number of aliphatic hydroxyl groups is 1. The van der Waals surface area contributed by atoms with Crippen molar-refractivity contribution in [3.05, 3.63) is 53.6 Å². The van der Waals surface area contributed by atoms with Crippen LogP contribution < -0.4 is 14.8 Å². The van der Waals surface area contributed by atoms with Crippen molar-refractivity contribution in [3.8, 4) is 11.5 Å². The number of aliphatic hydroxyl groups excluding tert-OH is 1. The maximum atomic E-state index is 14.4. The number of anilines is 1. The molecule has 1 heterocycles. The molecular formula is C37H55N3O6. The van der Waals surface area contributed by atoms with Crippen molar-refractivity contribution in [1.29, 1.82) is 0 Å². The Labute approximate surface area is 275 Å². The zero-order chi connectivity index (χ0) is 33.1. The van der Waals surface area contributed by atoms with E-state index in [1.165, 1.54) is 12.0 Å². The number of nitrogens with zero attached hydrogens (tertiary/aromatic N) is 2. The van der Waals surface area contributed by atoms with Crippen LogP contribution in [-0.4, -0.2) is 85.4 Å². The number of nitrogens with one attached hydrogen (secondary N) is 1. The molecule has 2 amide bonds. The molecule has 0 saturated heterocycles. The van der Waals surface area contributed by atoms with Crippen molar-refractivity contribution in [1.82, 2.24) is 9.80 Å². The van der Waals surface area contributed by atoms with Crippen LogP contribution in [0.3, 0.4) is 0 Å². The Morgan fingerprint density at radius 3 is 2.48 bits per heavy atom. The summed E-state index contributed by atoms with van der Waals surface area (Å²) >= 11 is 0. The lowest BCUT2D eigenvalue weighted by Crippen LogP contribution is -2.47. The topological polar surface area (TPSA) is 101 Å². The molecule has 2 aliphatic rings. The Bertz CT molecular complexity index is 1250. The molecule has 0 unspecified atom stereocenters. The second kappa shape index (κ2) is 17.7. The predicted molar refractivity (Wildman–Crippen MR) is 181 cm³/mol. The second-order valence-corrected chi connectivity index (χ2v) is 13.4. The molecule has 4 rings (SSSR count). The van der Waals surface area contributed by atoms with Gasteiger partial charge in [0.25, 0.3) is 5.91 Å². The first kappa shape index (κ1) is 35.7. The molecule has 254 valence electrons. The van der Waals surface area contributed by atoms with Gasteiger partial charge in [-0.25, -0.2) is 0 Å². The molecular weight excluding hydrogens is 582 g/mol. The van der Waals surface area contributed by atoms with E-state index in [0.717, 1.165) is 57.2 Å². The van der Waals surface area contributed by atoms with Crippen molar-refractivity contribution in [2.75, 3.05) is 45.8 Å². The maximum Gasteiger partial charge on any atom is 0.258 e. The highest BCUT2D eigenvalue weighted by molar-refractivity contribution is 6.00. The van der Waals surface area contributed by atoms with E-state index in [1.807, 2.05) is 32.0 Å². The normalized spacial score (nSPS) is 22.8. The molecule has 1 aliphatic carbocycles. The summed E-state index contributed by atoms with van der Waals surface area (Å²) in [6.45, 7) is 8.29. The van der Waals surface area contributed by atoms with Gasteiger partial charge in [0.2, 0.25) is 5.91 Å². The van der Waals surface area contributed by atoms with Crippen LogP contribution in [0.2, 0.25) is 0 Å². The highest BCUT2D eigenvalue weighted by Gasteiger charge is 2.31. The molecule has 0 aromatic heterocycles. The van der Waals surface area contributed by atoms with Gasteiger partial charge in [0.05, 0.1) is 37.5 Å². The Balaban J connectivity index is 1.57. The third kappa shape index (κ3) is 10.2. The van der Waals surface area contributed by atoms with Crippen LogP contribution in [0.25, 0.3) is 0 Å². The standard InChI is InChI=1S/C37H55N3O6/c1-26-22-40(27(2)25-41)37(43)33-21-31(38-36(42)30-12-7-6-8-13-30)16-19-34(33)46-28(3)11-9-10-20-45-35(26)24-39(4)23-29-14-17-32(44-5)18-15-29/h14-19,21,26-28,30,35,41H,6-13,20,22-25H2,1-5H3,(H,38,42)/t26-,27-,28+,35-/m0/s1. The maximum absolute atomic E-state index is 14.4.